The molecule has 0 bridgehead atoms. The van der Waals surface area contributed by atoms with E-state index in [9.17, 15) is 5.11 Å². The number of benzene rings is 1. The summed E-state index contributed by atoms with van der Waals surface area (Å²) < 4.78 is 0. The molecule has 1 aliphatic rings. The van der Waals surface area contributed by atoms with E-state index in [2.05, 4.69) is 22.3 Å². The maximum Gasteiger partial charge on any atom is 0.0794 e. The van der Waals surface area contributed by atoms with E-state index in [0.717, 1.165) is 26.2 Å². The van der Waals surface area contributed by atoms with Crippen LogP contribution in [0.15, 0.2) is 30.3 Å². The lowest BCUT2D eigenvalue weighted by molar-refractivity contribution is -0.00543. The average Bonchev–Trinajstić information content (AvgIpc) is 2.32. The monoisotopic (exact) mass is 236 g/mol. The molecule has 1 atom stereocenters. The van der Waals surface area contributed by atoms with Gasteiger partial charge in [-0.15, -0.1) is 0 Å². The molecule has 94 valence electrons. The summed E-state index contributed by atoms with van der Waals surface area (Å²) in [5.74, 6) is 0. The highest BCUT2D eigenvalue weighted by molar-refractivity contribution is 5.15. The molecule has 1 saturated heterocycles. The van der Waals surface area contributed by atoms with Gasteiger partial charge in [-0.1, -0.05) is 30.3 Å². The topological polar surface area (TPSA) is 55.7 Å². The third-order valence-corrected chi connectivity index (χ3v) is 3.09. The number of aliphatic hydroxyl groups is 2. The smallest absolute Gasteiger partial charge is 0.0794 e. The summed E-state index contributed by atoms with van der Waals surface area (Å²) in [7, 11) is 0. The van der Waals surface area contributed by atoms with Crippen molar-refractivity contribution in [3.05, 3.63) is 35.9 Å². The fourth-order valence-corrected chi connectivity index (χ4v) is 2.03. The van der Waals surface area contributed by atoms with Crippen LogP contribution in [0.4, 0.5) is 0 Å². The van der Waals surface area contributed by atoms with Gasteiger partial charge < -0.3 is 10.2 Å². The quantitative estimate of drug-likeness (QED) is 0.641. The van der Waals surface area contributed by atoms with E-state index in [0.29, 0.717) is 0 Å². The maximum absolute atomic E-state index is 9.31. The Kier molecular flexibility index (Phi) is 4.50. The standard InChI is InChI=1S/C13H20N2O2/c16-9-12(6-11-4-2-1-3-5-11)14-10-15-7-13(17)8-15/h1-5,12-14,16-17H,6-10H2. The van der Waals surface area contributed by atoms with Gasteiger partial charge in [0, 0.05) is 25.8 Å². The molecule has 0 aromatic heterocycles. The Morgan fingerprint density at radius 2 is 2.00 bits per heavy atom. The summed E-state index contributed by atoms with van der Waals surface area (Å²) in [4.78, 5) is 2.12. The van der Waals surface area contributed by atoms with Crippen LogP contribution < -0.4 is 5.32 Å². The first-order valence-electron chi connectivity index (χ1n) is 6.06. The van der Waals surface area contributed by atoms with E-state index in [1.54, 1.807) is 0 Å². The van der Waals surface area contributed by atoms with E-state index in [4.69, 9.17) is 5.11 Å². The Hall–Kier alpha value is -0.940. The van der Waals surface area contributed by atoms with Crippen LogP contribution in [0.1, 0.15) is 5.56 Å². The van der Waals surface area contributed by atoms with E-state index in [1.165, 1.54) is 5.56 Å². The summed E-state index contributed by atoms with van der Waals surface area (Å²) >= 11 is 0. The van der Waals surface area contributed by atoms with Gasteiger partial charge >= 0.3 is 0 Å². The van der Waals surface area contributed by atoms with Crippen LogP contribution in [0.5, 0.6) is 0 Å². The molecule has 1 unspecified atom stereocenters. The predicted octanol–water partition coefficient (Wildman–Crippen LogP) is -0.186. The van der Waals surface area contributed by atoms with Gasteiger partial charge in [0.05, 0.1) is 12.7 Å². The van der Waals surface area contributed by atoms with Crippen LogP contribution >= 0.6 is 0 Å². The van der Waals surface area contributed by atoms with Gasteiger partial charge in [-0.3, -0.25) is 10.2 Å². The molecule has 1 heterocycles. The molecular formula is C13H20N2O2. The fourth-order valence-electron chi connectivity index (χ4n) is 2.03. The number of hydrogen-bond donors (Lipinski definition) is 3. The first-order chi connectivity index (χ1) is 8.28. The van der Waals surface area contributed by atoms with E-state index in [-0.39, 0.29) is 18.8 Å². The lowest BCUT2D eigenvalue weighted by atomic mass is 10.1. The first-order valence-corrected chi connectivity index (χ1v) is 6.06. The minimum absolute atomic E-state index is 0.0788. The van der Waals surface area contributed by atoms with E-state index in [1.807, 2.05) is 18.2 Å². The molecule has 4 heteroatoms. The summed E-state index contributed by atoms with van der Waals surface area (Å²) in [5.41, 5.74) is 1.22. The van der Waals surface area contributed by atoms with Crippen molar-refractivity contribution >= 4 is 0 Å². The molecule has 1 fully saturated rings. The van der Waals surface area contributed by atoms with Crippen molar-refractivity contribution in [3.63, 3.8) is 0 Å². The van der Waals surface area contributed by atoms with Crippen LogP contribution in [0.25, 0.3) is 0 Å². The molecule has 0 saturated carbocycles. The van der Waals surface area contributed by atoms with Crippen molar-refractivity contribution in [1.82, 2.24) is 10.2 Å². The number of hydrogen-bond acceptors (Lipinski definition) is 4. The zero-order chi connectivity index (χ0) is 12.1. The average molecular weight is 236 g/mol. The van der Waals surface area contributed by atoms with Crippen LogP contribution in [0.2, 0.25) is 0 Å². The van der Waals surface area contributed by atoms with Crippen molar-refractivity contribution < 1.29 is 10.2 Å². The molecule has 17 heavy (non-hydrogen) atoms. The summed E-state index contributed by atoms with van der Waals surface area (Å²) in [6.45, 7) is 2.33. The molecule has 2 rings (SSSR count). The lowest BCUT2D eigenvalue weighted by Crippen LogP contribution is -2.55. The Bertz CT molecular complexity index is 325. The van der Waals surface area contributed by atoms with Crippen LogP contribution in [0, 0.1) is 0 Å². The van der Waals surface area contributed by atoms with Gasteiger partial charge in [0.15, 0.2) is 0 Å². The third kappa shape index (κ3) is 3.78. The zero-order valence-electron chi connectivity index (χ0n) is 9.92. The van der Waals surface area contributed by atoms with Gasteiger partial charge in [-0.25, -0.2) is 0 Å². The number of β-amino-alcohol motifs (C(OH)–C–C–N with tert-alkyl or cyclic N) is 1. The Morgan fingerprint density at radius 1 is 1.29 bits per heavy atom. The van der Waals surface area contributed by atoms with Crippen molar-refractivity contribution in [1.29, 1.82) is 0 Å². The van der Waals surface area contributed by atoms with E-state index < -0.39 is 0 Å². The van der Waals surface area contributed by atoms with Crippen molar-refractivity contribution in [2.75, 3.05) is 26.4 Å². The summed E-state index contributed by atoms with van der Waals surface area (Å²) in [6.07, 6.45) is 0.659. The minimum atomic E-state index is -0.168. The van der Waals surface area contributed by atoms with Gasteiger partial charge in [0.1, 0.15) is 0 Å². The van der Waals surface area contributed by atoms with Gasteiger partial charge in [0.25, 0.3) is 0 Å². The molecular weight excluding hydrogens is 216 g/mol. The third-order valence-electron chi connectivity index (χ3n) is 3.09. The molecule has 4 nitrogen and oxygen atoms in total. The summed E-state index contributed by atoms with van der Waals surface area (Å²) in [5, 5.41) is 21.8. The minimum Gasteiger partial charge on any atom is -0.395 e. The van der Waals surface area contributed by atoms with Crippen LogP contribution in [-0.4, -0.2) is 53.6 Å². The lowest BCUT2D eigenvalue weighted by Gasteiger charge is -2.36. The molecule has 1 aromatic carbocycles. The number of nitrogens with one attached hydrogen (secondary N) is 1. The van der Waals surface area contributed by atoms with Gasteiger partial charge in [-0.2, -0.15) is 0 Å². The molecule has 1 aromatic rings. The van der Waals surface area contributed by atoms with Gasteiger partial charge in [-0.05, 0) is 12.0 Å². The van der Waals surface area contributed by atoms with Crippen molar-refractivity contribution in [2.24, 2.45) is 0 Å². The predicted molar refractivity (Wildman–Crippen MR) is 66.6 cm³/mol. The number of likely N-dealkylation sites (tertiary alicyclic amines) is 1. The highest BCUT2D eigenvalue weighted by atomic mass is 16.3. The molecule has 0 spiro atoms. The SMILES string of the molecule is OCC(Cc1ccccc1)NCN1CC(O)C1. The number of aliphatic hydroxyl groups excluding tert-OH is 2. The van der Waals surface area contributed by atoms with E-state index >= 15 is 0 Å². The highest BCUT2D eigenvalue weighted by Gasteiger charge is 2.24. The number of rotatable bonds is 6. The van der Waals surface area contributed by atoms with Crippen molar-refractivity contribution in [2.45, 2.75) is 18.6 Å². The fraction of sp³-hybridized carbons (Fsp3) is 0.538. The summed E-state index contributed by atoms with van der Waals surface area (Å²) in [6, 6.07) is 10.2. The Labute approximate surface area is 102 Å². The second-order valence-corrected chi connectivity index (χ2v) is 4.62. The zero-order valence-corrected chi connectivity index (χ0v) is 9.92. The first kappa shape index (κ1) is 12.5. The largest absolute Gasteiger partial charge is 0.395 e. The van der Waals surface area contributed by atoms with Gasteiger partial charge in [0.2, 0.25) is 0 Å². The second kappa shape index (κ2) is 6.12. The van der Waals surface area contributed by atoms with Crippen LogP contribution in [-0.2, 0) is 6.42 Å². The maximum atomic E-state index is 9.31. The highest BCUT2D eigenvalue weighted by Crippen LogP contribution is 2.06. The molecule has 0 aliphatic carbocycles. The molecule has 1 aliphatic heterocycles. The molecule has 3 N–H and O–H groups in total. The Morgan fingerprint density at radius 3 is 2.59 bits per heavy atom. The van der Waals surface area contributed by atoms with Crippen LogP contribution in [0.3, 0.4) is 0 Å². The van der Waals surface area contributed by atoms with Crippen molar-refractivity contribution in [3.8, 4) is 0 Å². The molecule has 0 radical (unpaired) electrons. The Balaban J connectivity index is 1.73. The molecule has 0 amide bonds. The normalized spacial score (nSPS) is 18.9. The second-order valence-electron chi connectivity index (χ2n) is 4.62. The number of nitrogens with zero attached hydrogens (tertiary/aromatic N) is 1.